The van der Waals surface area contributed by atoms with Gasteiger partial charge in [0.2, 0.25) is 5.91 Å². The monoisotopic (exact) mass is 445 g/mol. The van der Waals surface area contributed by atoms with E-state index in [9.17, 15) is 22.8 Å². The molecule has 2 N–H and O–H groups in total. The largest absolute Gasteiger partial charge is 0.476 e. The number of nitrogens with one attached hydrogen (secondary N) is 1. The predicted octanol–water partition coefficient (Wildman–Crippen LogP) is 4.06. The summed E-state index contributed by atoms with van der Waals surface area (Å²) in [6.45, 7) is 0.818. The molecular formula is C18H18F3N3O3S2. The van der Waals surface area contributed by atoms with Crippen LogP contribution >= 0.6 is 23.1 Å². The quantitative estimate of drug-likeness (QED) is 0.597. The number of carbonyl (C=O) groups is 2. The second-order valence-corrected chi connectivity index (χ2v) is 8.59. The number of rotatable bonds is 8. The van der Waals surface area contributed by atoms with Crippen LogP contribution in [0.3, 0.4) is 0 Å². The molecule has 3 rings (SSSR count). The molecule has 2 aromatic rings. The van der Waals surface area contributed by atoms with Crippen molar-refractivity contribution in [2.45, 2.75) is 29.4 Å². The zero-order valence-corrected chi connectivity index (χ0v) is 16.7. The highest BCUT2D eigenvalue weighted by atomic mass is 32.2. The first kappa shape index (κ1) is 21.4. The van der Waals surface area contributed by atoms with Crippen molar-refractivity contribution in [2.24, 2.45) is 0 Å². The number of benzene rings is 1. The third-order valence-electron chi connectivity index (χ3n) is 4.44. The van der Waals surface area contributed by atoms with Gasteiger partial charge >= 0.3 is 12.1 Å². The molecule has 1 fully saturated rings. The highest BCUT2D eigenvalue weighted by Gasteiger charge is 2.32. The van der Waals surface area contributed by atoms with E-state index >= 15 is 0 Å². The lowest BCUT2D eigenvalue weighted by Crippen LogP contribution is -2.39. The van der Waals surface area contributed by atoms with Gasteiger partial charge in [-0.05, 0) is 24.6 Å². The molecule has 156 valence electrons. The van der Waals surface area contributed by atoms with Crippen LogP contribution in [-0.4, -0.2) is 51.8 Å². The molecule has 1 aromatic heterocycles. The first-order valence-electron chi connectivity index (χ1n) is 8.76. The molecule has 2 heterocycles. The Kier molecular flexibility index (Phi) is 6.68. The molecule has 1 aliphatic heterocycles. The number of thioether (sulfide) groups is 1. The smallest absolute Gasteiger partial charge is 0.416 e. The maximum atomic E-state index is 12.8. The van der Waals surface area contributed by atoms with E-state index in [1.807, 2.05) is 0 Å². The molecular weight excluding hydrogens is 427 g/mol. The minimum absolute atomic E-state index is 0.00193. The Bertz CT molecular complexity index is 888. The van der Waals surface area contributed by atoms with Gasteiger partial charge in [-0.3, -0.25) is 4.79 Å². The lowest BCUT2D eigenvalue weighted by Gasteiger charge is -2.25. The van der Waals surface area contributed by atoms with E-state index in [1.165, 1.54) is 34.5 Å². The maximum absolute atomic E-state index is 12.8. The Morgan fingerprint density at radius 3 is 2.90 bits per heavy atom. The van der Waals surface area contributed by atoms with E-state index in [0.29, 0.717) is 41.7 Å². The van der Waals surface area contributed by atoms with E-state index in [4.69, 9.17) is 5.11 Å². The molecule has 1 atom stereocenters. The van der Waals surface area contributed by atoms with Crippen LogP contribution in [-0.2, 0) is 11.0 Å². The molecule has 1 aromatic carbocycles. The molecule has 0 saturated carbocycles. The summed E-state index contributed by atoms with van der Waals surface area (Å²) in [5.74, 6) is -0.520. The fraction of sp³-hybridized carbons (Fsp3) is 0.389. The Morgan fingerprint density at radius 2 is 2.21 bits per heavy atom. The zero-order chi connectivity index (χ0) is 21.0. The number of aromatic nitrogens is 1. The highest BCUT2D eigenvalue weighted by Crippen LogP contribution is 2.31. The maximum Gasteiger partial charge on any atom is 0.416 e. The van der Waals surface area contributed by atoms with Crippen LogP contribution in [0.15, 0.2) is 34.0 Å². The van der Waals surface area contributed by atoms with Gasteiger partial charge in [-0.1, -0.05) is 17.8 Å². The Hall–Kier alpha value is -2.27. The average Bonchev–Trinajstić information content (AvgIpc) is 3.27. The Labute approximate surface area is 173 Å². The van der Waals surface area contributed by atoms with Crippen molar-refractivity contribution in [3.05, 3.63) is 40.9 Å². The van der Waals surface area contributed by atoms with Crippen LogP contribution < -0.4 is 5.32 Å². The lowest BCUT2D eigenvalue weighted by atomic mass is 10.1. The standard InChI is InChI=1S/C18H18F3N3O3S2/c19-18(20,21)11-2-1-3-12(8-11)22-9-13-4-5-15(25)24(13)6-7-28-17-23-14(10-29-17)16(26)27/h1-3,8,10,13,22H,4-7,9H2,(H,26,27). The van der Waals surface area contributed by atoms with E-state index in [-0.39, 0.29) is 17.6 Å². The van der Waals surface area contributed by atoms with Crippen LogP contribution in [0.25, 0.3) is 0 Å². The number of hydrogen-bond donors (Lipinski definition) is 2. The van der Waals surface area contributed by atoms with Crippen molar-refractivity contribution in [1.82, 2.24) is 9.88 Å². The third kappa shape index (κ3) is 5.63. The van der Waals surface area contributed by atoms with Crippen molar-refractivity contribution in [3.8, 4) is 0 Å². The number of nitrogens with zero attached hydrogens (tertiary/aromatic N) is 2. The van der Waals surface area contributed by atoms with E-state index in [2.05, 4.69) is 10.3 Å². The van der Waals surface area contributed by atoms with Crippen LogP contribution in [0.1, 0.15) is 28.9 Å². The van der Waals surface area contributed by atoms with E-state index in [0.717, 1.165) is 12.1 Å². The van der Waals surface area contributed by atoms with Crippen molar-refractivity contribution >= 4 is 40.7 Å². The minimum atomic E-state index is -4.40. The van der Waals surface area contributed by atoms with Gasteiger partial charge in [0.05, 0.1) is 5.56 Å². The molecule has 0 bridgehead atoms. The number of carboxylic acid groups (broad SMARTS) is 1. The number of alkyl halides is 3. The SMILES string of the molecule is O=C(O)c1csc(SCCN2C(=O)CCC2CNc2cccc(C(F)(F)F)c2)n1. The van der Waals surface area contributed by atoms with Gasteiger partial charge in [-0.25, -0.2) is 9.78 Å². The molecule has 29 heavy (non-hydrogen) atoms. The van der Waals surface area contributed by atoms with Crippen LogP contribution in [0, 0.1) is 0 Å². The topological polar surface area (TPSA) is 82.5 Å². The van der Waals surface area contributed by atoms with Crippen molar-refractivity contribution in [2.75, 3.05) is 24.2 Å². The number of aromatic carboxylic acids is 1. The van der Waals surface area contributed by atoms with Gasteiger partial charge in [0.1, 0.15) is 0 Å². The van der Waals surface area contributed by atoms with Crippen molar-refractivity contribution in [1.29, 1.82) is 0 Å². The average molecular weight is 445 g/mol. The number of amides is 1. The number of likely N-dealkylation sites (tertiary alicyclic amines) is 1. The number of halogens is 3. The molecule has 1 aliphatic rings. The summed E-state index contributed by atoms with van der Waals surface area (Å²) in [7, 11) is 0. The summed E-state index contributed by atoms with van der Waals surface area (Å²) in [6, 6.07) is 4.87. The number of carbonyl (C=O) groups excluding carboxylic acids is 1. The van der Waals surface area contributed by atoms with Crippen LogP contribution in [0.2, 0.25) is 0 Å². The molecule has 6 nitrogen and oxygen atoms in total. The first-order chi connectivity index (χ1) is 13.7. The van der Waals surface area contributed by atoms with Gasteiger partial charge in [-0.2, -0.15) is 13.2 Å². The first-order valence-corrected chi connectivity index (χ1v) is 10.6. The Morgan fingerprint density at radius 1 is 1.41 bits per heavy atom. The zero-order valence-electron chi connectivity index (χ0n) is 15.1. The summed E-state index contributed by atoms with van der Waals surface area (Å²) in [5.41, 5.74) is -0.363. The second-order valence-electron chi connectivity index (χ2n) is 6.39. The minimum Gasteiger partial charge on any atom is -0.476 e. The molecule has 1 saturated heterocycles. The van der Waals surface area contributed by atoms with Gasteiger partial charge < -0.3 is 15.3 Å². The summed E-state index contributed by atoms with van der Waals surface area (Å²) >= 11 is 2.61. The van der Waals surface area contributed by atoms with Crippen molar-refractivity contribution in [3.63, 3.8) is 0 Å². The molecule has 1 amide bonds. The summed E-state index contributed by atoms with van der Waals surface area (Å²) in [5, 5.41) is 13.4. The van der Waals surface area contributed by atoms with Gasteiger partial charge in [0.25, 0.3) is 0 Å². The molecule has 1 unspecified atom stereocenters. The summed E-state index contributed by atoms with van der Waals surface area (Å²) in [4.78, 5) is 28.7. The lowest BCUT2D eigenvalue weighted by molar-refractivity contribution is -0.137. The Balaban J connectivity index is 1.53. The predicted molar refractivity (Wildman–Crippen MR) is 104 cm³/mol. The summed E-state index contributed by atoms with van der Waals surface area (Å²) in [6.07, 6.45) is -3.36. The van der Waals surface area contributed by atoms with Gasteiger partial charge in [0, 0.05) is 42.4 Å². The van der Waals surface area contributed by atoms with Gasteiger partial charge in [0.15, 0.2) is 10.0 Å². The van der Waals surface area contributed by atoms with E-state index < -0.39 is 17.7 Å². The third-order valence-corrected chi connectivity index (χ3v) is 6.45. The van der Waals surface area contributed by atoms with Crippen molar-refractivity contribution < 1.29 is 27.9 Å². The fourth-order valence-electron chi connectivity index (χ4n) is 3.01. The normalized spacial score (nSPS) is 17.0. The molecule has 0 spiro atoms. The number of carboxylic acids is 1. The highest BCUT2D eigenvalue weighted by molar-refractivity contribution is 8.01. The fourth-order valence-corrected chi connectivity index (χ4v) is 4.82. The molecule has 11 heteroatoms. The van der Waals surface area contributed by atoms with Crippen LogP contribution in [0.5, 0.6) is 0 Å². The molecule has 0 radical (unpaired) electrons. The van der Waals surface area contributed by atoms with Gasteiger partial charge in [-0.15, -0.1) is 11.3 Å². The number of anilines is 1. The van der Waals surface area contributed by atoms with E-state index in [1.54, 1.807) is 11.0 Å². The number of hydrogen-bond acceptors (Lipinski definition) is 6. The second kappa shape index (κ2) is 9.04. The summed E-state index contributed by atoms with van der Waals surface area (Å²) < 4.78 is 39.1. The number of thiazole rings is 1. The van der Waals surface area contributed by atoms with Crippen LogP contribution in [0.4, 0.5) is 18.9 Å². The molecule has 0 aliphatic carbocycles.